The topological polar surface area (TPSA) is 49.5 Å². The van der Waals surface area contributed by atoms with Crippen LogP contribution < -0.4 is 5.73 Å². The van der Waals surface area contributed by atoms with Crippen LogP contribution in [0, 0.1) is 0 Å². The average molecular weight is 132 g/mol. The third-order valence-corrected chi connectivity index (χ3v) is 1.35. The number of rotatable bonds is 4. The van der Waals surface area contributed by atoms with Crippen molar-refractivity contribution in [3.8, 4) is 0 Å². The summed E-state index contributed by atoms with van der Waals surface area (Å²) in [4.78, 5) is 1.85. The molecule has 3 nitrogen and oxygen atoms in total. The van der Waals surface area contributed by atoms with Crippen molar-refractivity contribution in [1.82, 2.24) is 4.90 Å². The van der Waals surface area contributed by atoms with Crippen molar-refractivity contribution in [3.63, 3.8) is 0 Å². The Kier molecular flexibility index (Phi) is 4.67. The van der Waals surface area contributed by atoms with Crippen LogP contribution in [0.2, 0.25) is 0 Å². The zero-order valence-corrected chi connectivity index (χ0v) is 6.17. The van der Waals surface area contributed by atoms with Gasteiger partial charge in [0.2, 0.25) is 0 Å². The molecule has 0 amide bonds. The van der Waals surface area contributed by atoms with Crippen molar-refractivity contribution < 1.29 is 5.11 Å². The summed E-state index contributed by atoms with van der Waals surface area (Å²) in [6, 6.07) is 0. The van der Waals surface area contributed by atoms with Gasteiger partial charge in [0, 0.05) is 6.54 Å². The molecule has 0 radical (unpaired) electrons. The minimum absolute atomic E-state index is 0.350. The van der Waals surface area contributed by atoms with Crippen molar-refractivity contribution in [2.45, 2.75) is 19.6 Å². The number of hydrogen-bond donors (Lipinski definition) is 2. The number of aliphatic hydroxyl groups is 1. The quantitative estimate of drug-likeness (QED) is 0.512. The zero-order chi connectivity index (χ0) is 7.28. The van der Waals surface area contributed by atoms with Crippen LogP contribution in [-0.4, -0.2) is 36.4 Å². The Labute approximate surface area is 56.5 Å². The zero-order valence-electron chi connectivity index (χ0n) is 6.17. The molecule has 0 rings (SSSR count). The number of aliphatic hydroxyl groups excluding tert-OH is 1. The number of nitrogens with two attached hydrogens (primary N) is 1. The number of nitrogens with zero attached hydrogens (tertiary/aromatic N) is 1. The van der Waals surface area contributed by atoms with Crippen LogP contribution in [0.25, 0.3) is 0 Å². The van der Waals surface area contributed by atoms with Crippen molar-refractivity contribution in [1.29, 1.82) is 0 Å². The second-order valence-corrected chi connectivity index (χ2v) is 2.25. The maximum Gasteiger partial charge on any atom is 0.104 e. The molecule has 0 fully saturated rings. The van der Waals surface area contributed by atoms with Gasteiger partial charge < -0.3 is 10.8 Å². The molecule has 0 saturated heterocycles. The van der Waals surface area contributed by atoms with Crippen LogP contribution in [0.15, 0.2) is 0 Å². The van der Waals surface area contributed by atoms with Crippen LogP contribution in [0.3, 0.4) is 0 Å². The maximum absolute atomic E-state index is 8.93. The molecule has 0 aromatic rings. The second kappa shape index (κ2) is 4.73. The van der Waals surface area contributed by atoms with Gasteiger partial charge in [-0.05, 0) is 26.9 Å². The van der Waals surface area contributed by atoms with Crippen LogP contribution in [0.5, 0.6) is 0 Å². The molecule has 3 N–H and O–H groups in total. The highest BCUT2D eigenvalue weighted by Gasteiger charge is 2.01. The van der Waals surface area contributed by atoms with E-state index < -0.39 is 0 Å². The van der Waals surface area contributed by atoms with E-state index in [-0.39, 0.29) is 6.23 Å². The predicted molar refractivity (Wildman–Crippen MR) is 38.0 cm³/mol. The summed E-state index contributed by atoms with van der Waals surface area (Å²) in [5.74, 6) is 0. The van der Waals surface area contributed by atoms with E-state index in [9.17, 15) is 0 Å². The smallest absolute Gasteiger partial charge is 0.104 e. The SMILES string of the molecule is CC(O)N(C)CCCN. The second-order valence-electron chi connectivity index (χ2n) is 2.25. The molecule has 1 atom stereocenters. The fourth-order valence-corrected chi connectivity index (χ4v) is 0.528. The lowest BCUT2D eigenvalue weighted by atomic mass is 10.4. The highest BCUT2D eigenvalue weighted by atomic mass is 16.3. The summed E-state index contributed by atoms with van der Waals surface area (Å²) < 4.78 is 0. The molecule has 0 aliphatic rings. The van der Waals surface area contributed by atoms with Crippen molar-refractivity contribution >= 4 is 0 Å². The van der Waals surface area contributed by atoms with Gasteiger partial charge in [0.05, 0.1) is 0 Å². The fraction of sp³-hybridized carbons (Fsp3) is 1.00. The molecule has 0 aromatic carbocycles. The molecule has 0 bridgehead atoms. The van der Waals surface area contributed by atoms with Gasteiger partial charge in [0.25, 0.3) is 0 Å². The highest BCUT2D eigenvalue weighted by molar-refractivity contribution is 4.50. The van der Waals surface area contributed by atoms with E-state index in [4.69, 9.17) is 10.8 Å². The molecule has 1 unspecified atom stereocenters. The summed E-state index contributed by atoms with van der Waals surface area (Å²) in [5, 5.41) is 8.93. The highest BCUT2D eigenvalue weighted by Crippen LogP contribution is 1.90. The van der Waals surface area contributed by atoms with E-state index in [0.29, 0.717) is 6.54 Å². The van der Waals surface area contributed by atoms with Gasteiger partial charge in [-0.15, -0.1) is 0 Å². The van der Waals surface area contributed by atoms with E-state index in [0.717, 1.165) is 13.0 Å². The maximum atomic E-state index is 8.93. The van der Waals surface area contributed by atoms with Crippen molar-refractivity contribution in [2.75, 3.05) is 20.1 Å². The van der Waals surface area contributed by atoms with Gasteiger partial charge in [-0.25, -0.2) is 0 Å². The summed E-state index contributed by atoms with van der Waals surface area (Å²) in [5.41, 5.74) is 5.27. The summed E-state index contributed by atoms with van der Waals surface area (Å²) in [7, 11) is 1.88. The Hall–Kier alpha value is -0.120. The molecule has 56 valence electrons. The van der Waals surface area contributed by atoms with Crippen molar-refractivity contribution in [2.24, 2.45) is 5.73 Å². The Morgan fingerprint density at radius 1 is 1.67 bits per heavy atom. The van der Waals surface area contributed by atoms with Crippen LogP contribution in [0.1, 0.15) is 13.3 Å². The largest absolute Gasteiger partial charge is 0.379 e. The van der Waals surface area contributed by atoms with Gasteiger partial charge in [0.1, 0.15) is 6.23 Å². The minimum atomic E-state index is -0.350. The van der Waals surface area contributed by atoms with E-state index >= 15 is 0 Å². The standard InChI is InChI=1S/C6H16N2O/c1-6(9)8(2)5-3-4-7/h6,9H,3-5,7H2,1-2H3. The Morgan fingerprint density at radius 3 is 2.56 bits per heavy atom. The molecule has 3 heteroatoms. The first-order valence-electron chi connectivity index (χ1n) is 3.27. The third-order valence-electron chi connectivity index (χ3n) is 1.35. The number of hydrogen-bond acceptors (Lipinski definition) is 3. The Balaban J connectivity index is 3.16. The third kappa shape index (κ3) is 4.39. The normalized spacial score (nSPS) is 14.3. The van der Waals surface area contributed by atoms with Crippen LogP contribution in [0.4, 0.5) is 0 Å². The molecule has 0 aromatic heterocycles. The first kappa shape index (κ1) is 8.88. The molecule has 0 saturated carbocycles. The minimum Gasteiger partial charge on any atom is -0.379 e. The first-order valence-corrected chi connectivity index (χ1v) is 3.27. The monoisotopic (exact) mass is 132 g/mol. The van der Waals surface area contributed by atoms with Gasteiger partial charge in [-0.1, -0.05) is 0 Å². The summed E-state index contributed by atoms with van der Waals surface area (Å²) in [6.45, 7) is 3.31. The molecular weight excluding hydrogens is 116 g/mol. The lowest BCUT2D eigenvalue weighted by Gasteiger charge is -2.18. The predicted octanol–water partition coefficient (Wildman–Crippen LogP) is -0.395. The fourth-order valence-electron chi connectivity index (χ4n) is 0.528. The van der Waals surface area contributed by atoms with Crippen LogP contribution in [-0.2, 0) is 0 Å². The van der Waals surface area contributed by atoms with E-state index in [1.807, 2.05) is 11.9 Å². The molecule has 0 aliphatic heterocycles. The van der Waals surface area contributed by atoms with Crippen molar-refractivity contribution in [3.05, 3.63) is 0 Å². The molecular formula is C6H16N2O. The van der Waals surface area contributed by atoms with Gasteiger partial charge in [-0.3, -0.25) is 4.90 Å². The van der Waals surface area contributed by atoms with E-state index in [2.05, 4.69) is 0 Å². The lowest BCUT2D eigenvalue weighted by molar-refractivity contribution is 0.0382. The average Bonchev–Trinajstić information content (AvgIpc) is 1.82. The van der Waals surface area contributed by atoms with Gasteiger partial charge in [0.15, 0.2) is 0 Å². The molecule has 9 heavy (non-hydrogen) atoms. The molecule has 0 aliphatic carbocycles. The first-order chi connectivity index (χ1) is 4.18. The summed E-state index contributed by atoms with van der Waals surface area (Å²) in [6.07, 6.45) is 0.595. The molecule has 0 spiro atoms. The van der Waals surface area contributed by atoms with E-state index in [1.54, 1.807) is 6.92 Å². The Morgan fingerprint density at radius 2 is 2.22 bits per heavy atom. The van der Waals surface area contributed by atoms with Gasteiger partial charge >= 0.3 is 0 Å². The van der Waals surface area contributed by atoms with Crippen LogP contribution >= 0.6 is 0 Å². The lowest BCUT2D eigenvalue weighted by Crippen LogP contribution is -2.30. The van der Waals surface area contributed by atoms with Gasteiger partial charge in [-0.2, -0.15) is 0 Å². The van der Waals surface area contributed by atoms with E-state index in [1.165, 1.54) is 0 Å². The Bertz CT molecular complexity index is 66.1. The summed E-state index contributed by atoms with van der Waals surface area (Å²) >= 11 is 0. The molecule has 0 heterocycles.